The summed E-state index contributed by atoms with van der Waals surface area (Å²) < 4.78 is 18.8. The fraction of sp³-hybridized carbons (Fsp3) is 0.389. The van der Waals surface area contributed by atoms with Gasteiger partial charge in [-0.25, -0.2) is 4.39 Å². The maximum atomic E-state index is 13.8. The van der Waals surface area contributed by atoms with Gasteiger partial charge in [-0.15, -0.1) is 0 Å². The number of piperidine rings is 1. The van der Waals surface area contributed by atoms with Crippen LogP contribution in [0.15, 0.2) is 41.0 Å². The van der Waals surface area contributed by atoms with E-state index >= 15 is 0 Å². The third-order valence-electron chi connectivity index (χ3n) is 4.35. The van der Waals surface area contributed by atoms with Crippen molar-refractivity contribution in [2.24, 2.45) is 0 Å². The number of anilines is 1. The Labute approximate surface area is 140 Å². The number of hydrogen-bond donors (Lipinski definition) is 2. The average Bonchev–Trinajstić information content (AvgIpc) is 3.10. The molecule has 2 aromatic rings. The third kappa shape index (κ3) is 3.59. The van der Waals surface area contributed by atoms with Gasteiger partial charge in [0.2, 0.25) is 0 Å². The van der Waals surface area contributed by atoms with Crippen LogP contribution in [0.5, 0.6) is 0 Å². The summed E-state index contributed by atoms with van der Waals surface area (Å²) in [6.07, 6.45) is 2.53. The summed E-state index contributed by atoms with van der Waals surface area (Å²) in [6, 6.07) is 7.46. The summed E-state index contributed by atoms with van der Waals surface area (Å²) in [6.45, 7) is 3.23. The molecule has 0 unspecified atom stereocenters. The highest BCUT2D eigenvalue weighted by Gasteiger charge is 2.23. The maximum absolute atomic E-state index is 13.8. The van der Waals surface area contributed by atoms with Gasteiger partial charge in [0.1, 0.15) is 5.82 Å². The van der Waals surface area contributed by atoms with Crippen LogP contribution in [0.1, 0.15) is 41.9 Å². The van der Waals surface area contributed by atoms with Crippen molar-refractivity contribution in [3.63, 3.8) is 0 Å². The Hall–Kier alpha value is -2.34. The molecule has 0 bridgehead atoms. The third-order valence-corrected chi connectivity index (χ3v) is 4.35. The maximum Gasteiger partial charge on any atom is 0.287 e. The van der Waals surface area contributed by atoms with E-state index in [9.17, 15) is 14.3 Å². The number of nitrogens with zero attached hydrogens (tertiary/aromatic N) is 1. The lowest BCUT2D eigenvalue weighted by Crippen LogP contribution is -2.37. The second-order valence-corrected chi connectivity index (χ2v) is 6.09. The number of aliphatic hydroxyl groups excluding tert-OH is 1. The molecule has 24 heavy (non-hydrogen) atoms. The highest BCUT2D eigenvalue weighted by Crippen LogP contribution is 2.30. The van der Waals surface area contributed by atoms with Crippen LogP contribution >= 0.6 is 0 Å². The number of nitrogens with one attached hydrogen (secondary N) is 1. The van der Waals surface area contributed by atoms with Crippen LogP contribution in [0.2, 0.25) is 0 Å². The molecule has 1 aliphatic rings. The van der Waals surface area contributed by atoms with E-state index in [0.717, 1.165) is 5.69 Å². The molecule has 1 aliphatic heterocycles. The highest BCUT2D eigenvalue weighted by atomic mass is 19.1. The zero-order valence-corrected chi connectivity index (χ0v) is 13.5. The molecule has 0 aliphatic carbocycles. The molecular formula is C18H21FN2O3. The summed E-state index contributed by atoms with van der Waals surface area (Å²) in [5, 5.41) is 12.5. The first-order valence-corrected chi connectivity index (χ1v) is 8.11. The summed E-state index contributed by atoms with van der Waals surface area (Å²) >= 11 is 0. The van der Waals surface area contributed by atoms with Gasteiger partial charge in [0.05, 0.1) is 18.4 Å². The lowest BCUT2D eigenvalue weighted by Gasteiger charge is -2.34. The van der Waals surface area contributed by atoms with Crippen LogP contribution in [-0.4, -0.2) is 30.2 Å². The molecule has 0 saturated carbocycles. The molecule has 2 N–H and O–H groups in total. The Bertz CT molecular complexity index is 694. The predicted octanol–water partition coefficient (Wildman–Crippen LogP) is 2.87. The van der Waals surface area contributed by atoms with Crippen molar-refractivity contribution in [3.05, 3.63) is 53.7 Å². The van der Waals surface area contributed by atoms with Crippen LogP contribution in [0, 0.1) is 5.82 Å². The summed E-state index contributed by atoms with van der Waals surface area (Å²) in [5.41, 5.74) is 1.60. The molecule has 3 rings (SSSR count). The van der Waals surface area contributed by atoms with E-state index in [0.29, 0.717) is 31.5 Å². The van der Waals surface area contributed by atoms with Crippen LogP contribution in [0.4, 0.5) is 10.1 Å². The summed E-state index contributed by atoms with van der Waals surface area (Å²) in [7, 11) is 0. The zero-order chi connectivity index (χ0) is 17.1. The lowest BCUT2D eigenvalue weighted by molar-refractivity contribution is 0.0912. The van der Waals surface area contributed by atoms with Crippen LogP contribution in [-0.2, 0) is 0 Å². The SMILES string of the molecule is C[C@H](NC(=O)c1ccco1)c1cc(F)ccc1N1CCC(O)CC1. The van der Waals surface area contributed by atoms with Gasteiger partial charge >= 0.3 is 0 Å². The van der Waals surface area contributed by atoms with E-state index < -0.39 is 0 Å². The Balaban J connectivity index is 1.80. The van der Waals surface area contributed by atoms with Gasteiger partial charge in [0.15, 0.2) is 5.76 Å². The van der Waals surface area contributed by atoms with Crippen molar-refractivity contribution < 1.29 is 18.7 Å². The van der Waals surface area contributed by atoms with Crippen molar-refractivity contribution in [2.45, 2.75) is 31.9 Å². The minimum atomic E-state index is -0.375. The number of halogens is 1. The Morgan fingerprint density at radius 2 is 2.12 bits per heavy atom. The molecule has 2 heterocycles. The summed E-state index contributed by atoms with van der Waals surface area (Å²) in [4.78, 5) is 14.3. The molecule has 1 fully saturated rings. The molecule has 0 spiro atoms. The predicted molar refractivity (Wildman–Crippen MR) is 88.4 cm³/mol. The molecule has 1 atom stereocenters. The fourth-order valence-electron chi connectivity index (χ4n) is 3.02. The van der Waals surface area contributed by atoms with Gasteiger partial charge in [0, 0.05) is 24.3 Å². The quantitative estimate of drug-likeness (QED) is 0.903. The van der Waals surface area contributed by atoms with Gasteiger partial charge in [-0.1, -0.05) is 0 Å². The number of carbonyl (C=O) groups excluding carboxylic acids is 1. The number of aliphatic hydroxyl groups is 1. The Kier molecular flexibility index (Phi) is 4.85. The fourth-order valence-corrected chi connectivity index (χ4v) is 3.02. The van der Waals surface area contributed by atoms with Gasteiger partial charge in [-0.3, -0.25) is 4.79 Å². The van der Waals surface area contributed by atoms with E-state index in [1.807, 2.05) is 6.92 Å². The number of amides is 1. The molecule has 128 valence electrons. The van der Waals surface area contributed by atoms with Crippen molar-refractivity contribution in [3.8, 4) is 0 Å². The van der Waals surface area contributed by atoms with Crippen LogP contribution in [0.25, 0.3) is 0 Å². The Morgan fingerprint density at radius 3 is 2.79 bits per heavy atom. The van der Waals surface area contributed by atoms with E-state index in [1.165, 1.54) is 18.4 Å². The first kappa shape index (κ1) is 16.5. The minimum Gasteiger partial charge on any atom is -0.459 e. The standard InChI is InChI=1S/C18H21FN2O3/c1-12(20-18(23)17-3-2-10-24-17)15-11-13(19)4-5-16(15)21-8-6-14(22)7-9-21/h2-5,10-12,14,22H,6-9H2,1H3,(H,20,23)/t12-/m0/s1. The number of benzene rings is 1. The largest absolute Gasteiger partial charge is 0.459 e. The number of rotatable bonds is 4. The average molecular weight is 332 g/mol. The van der Waals surface area contributed by atoms with Crippen molar-refractivity contribution in [2.75, 3.05) is 18.0 Å². The number of furan rings is 1. The monoisotopic (exact) mass is 332 g/mol. The molecule has 1 aromatic carbocycles. The van der Waals surface area contributed by atoms with E-state index in [-0.39, 0.29) is 29.6 Å². The van der Waals surface area contributed by atoms with Crippen molar-refractivity contribution in [1.29, 1.82) is 0 Å². The van der Waals surface area contributed by atoms with E-state index in [1.54, 1.807) is 18.2 Å². The second kappa shape index (κ2) is 7.05. The van der Waals surface area contributed by atoms with Crippen LogP contribution in [0.3, 0.4) is 0 Å². The van der Waals surface area contributed by atoms with E-state index in [2.05, 4.69) is 10.2 Å². The molecule has 5 nitrogen and oxygen atoms in total. The first-order valence-electron chi connectivity index (χ1n) is 8.11. The topological polar surface area (TPSA) is 65.7 Å². The van der Waals surface area contributed by atoms with Crippen molar-refractivity contribution in [1.82, 2.24) is 5.32 Å². The highest BCUT2D eigenvalue weighted by molar-refractivity contribution is 5.91. The number of carbonyl (C=O) groups is 1. The van der Waals surface area contributed by atoms with Gasteiger partial charge < -0.3 is 19.7 Å². The smallest absolute Gasteiger partial charge is 0.287 e. The van der Waals surface area contributed by atoms with Crippen LogP contribution < -0.4 is 10.2 Å². The second-order valence-electron chi connectivity index (χ2n) is 6.09. The zero-order valence-electron chi connectivity index (χ0n) is 13.5. The molecule has 1 amide bonds. The molecule has 1 aromatic heterocycles. The summed E-state index contributed by atoms with van der Waals surface area (Å²) in [5.74, 6) is -0.456. The molecule has 6 heteroatoms. The first-order chi connectivity index (χ1) is 11.5. The molecular weight excluding hydrogens is 311 g/mol. The van der Waals surface area contributed by atoms with Gasteiger partial charge in [-0.2, -0.15) is 0 Å². The minimum absolute atomic E-state index is 0.223. The van der Waals surface area contributed by atoms with Gasteiger partial charge in [-0.05, 0) is 50.1 Å². The van der Waals surface area contributed by atoms with Crippen molar-refractivity contribution >= 4 is 11.6 Å². The normalized spacial score (nSPS) is 16.9. The lowest BCUT2D eigenvalue weighted by atomic mass is 10.0. The number of hydrogen-bond acceptors (Lipinski definition) is 4. The Morgan fingerprint density at radius 1 is 1.38 bits per heavy atom. The van der Waals surface area contributed by atoms with Gasteiger partial charge in [0.25, 0.3) is 5.91 Å². The molecule has 0 radical (unpaired) electrons. The van der Waals surface area contributed by atoms with E-state index in [4.69, 9.17) is 4.42 Å². The molecule has 1 saturated heterocycles.